The quantitative estimate of drug-likeness (QED) is 0.411. The van der Waals surface area contributed by atoms with Crippen LogP contribution in [0.4, 0.5) is 4.39 Å². The number of rotatable bonds is 6. The van der Waals surface area contributed by atoms with Crippen molar-refractivity contribution in [1.29, 1.82) is 0 Å². The molecule has 27 heavy (non-hydrogen) atoms. The smallest absolute Gasteiger partial charge is 0.230 e. The number of benzene rings is 2. The molecule has 2 aromatic carbocycles. The van der Waals surface area contributed by atoms with Gasteiger partial charge >= 0.3 is 0 Å². The highest BCUT2D eigenvalue weighted by Gasteiger charge is 2.12. The summed E-state index contributed by atoms with van der Waals surface area (Å²) in [4.78, 5) is 12.2. The summed E-state index contributed by atoms with van der Waals surface area (Å²) in [6.07, 6.45) is 0. The van der Waals surface area contributed by atoms with E-state index >= 15 is 0 Å². The zero-order valence-corrected chi connectivity index (χ0v) is 17.4. The Bertz CT molecular complexity index is 986. The molecule has 0 saturated heterocycles. The fourth-order valence-electron chi connectivity index (χ4n) is 2.31. The topological polar surface area (TPSA) is 46.9 Å². The first-order valence-electron chi connectivity index (χ1n) is 7.96. The number of carbonyl (C=O) groups excluding carboxylic acids is 1. The minimum atomic E-state index is -0.318. The minimum absolute atomic E-state index is 0.100. The largest absolute Gasteiger partial charge is 0.349 e. The Morgan fingerprint density at radius 3 is 2.63 bits per heavy atom. The van der Waals surface area contributed by atoms with E-state index in [1.165, 1.54) is 35.2 Å². The number of aromatic nitrogens is 2. The van der Waals surface area contributed by atoms with Crippen molar-refractivity contribution in [3.63, 3.8) is 0 Å². The zero-order chi connectivity index (χ0) is 19.4. The van der Waals surface area contributed by atoms with Gasteiger partial charge in [0.05, 0.1) is 17.5 Å². The Morgan fingerprint density at radius 1 is 1.30 bits per heavy atom. The Morgan fingerprint density at radius 2 is 1.96 bits per heavy atom. The maximum absolute atomic E-state index is 13.1. The van der Waals surface area contributed by atoms with Crippen LogP contribution < -0.4 is 5.32 Å². The number of hydrogen-bond donors (Lipinski definition) is 1. The third-order valence-electron chi connectivity index (χ3n) is 3.67. The van der Waals surface area contributed by atoms with Crippen molar-refractivity contribution in [2.45, 2.75) is 17.3 Å². The molecule has 1 heterocycles. The molecule has 9 heteroatoms. The van der Waals surface area contributed by atoms with Crippen LogP contribution in [-0.4, -0.2) is 21.4 Å². The predicted molar refractivity (Wildman–Crippen MR) is 111 cm³/mol. The van der Waals surface area contributed by atoms with E-state index in [0.717, 1.165) is 5.56 Å². The molecule has 0 spiro atoms. The van der Waals surface area contributed by atoms with Crippen molar-refractivity contribution in [3.05, 3.63) is 68.9 Å². The molecule has 0 aliphatic heterocycles. The van der Waals surface area contributed by atoms with Gasteiger partial charge in [-0.25, -0.2) is 9.07 Å². The van der Waals surface area contributed by atoms with Gasteiger partial charge < -0.3 is 5.32 Å². The summed E-state index contributed by atoms with van der Waals surface area (Å²) in [5, 5.41) is 8.01. The van der Waals surface area contributed by atoms with Crippen LogP contribution >= 0.6 is 46.9 Å². The highest BCUT2D eigenvalue weighted by Crippen LogP contribution is 2.24. The normalized spacial score (nSPS) is 12.0. The molecule has 0 radical (unpaired) electrons. The maximum atomic E-state index is 13.1. The molecule has 0 bridgehead atoms. The van der Waals surface area contributed by atoms with E-state index in [2.05, 4.69) is 10.4 Å². The van der Waals surface area contributed by atoms with Gasteiger partial charge in [0.25, 0.3) is 0 Å². The molecule has 1 amide bonds. The van der Waals surface area contributed by atoms with E-state index in [0.29, 0.717) is 19.0 Å². The summed E-state index contributed by atoms with van der Waals surface area (Å²) in [5.41, 5.74) is 1.67. The molecule has 0 fully saturated rings. The third-order valence-corrected chi connectivity index (χ3v) is 6.29. The summed E-state index contributed by atoms with van der Waals surface area (Å²) in [5.74, 6) is -0.192. The van der Waals surface area contributed by atoms with Crippen molar-refractivity contribution >= 4 is 52.8 Å². The zero-order valence-electron chi connectivity index (χ0n) is 14.2. The lowest BCUT2D eigenvalue weighted by molar-refractivity contribution is -0.119. The Kier molecular flexibility index (Phi) is 6.64. The summed E-state index contributed by atoms with van der Waals surface area (Å²) in [6, 6.07) is 13.2. The minimum Gasteiger partial charge on any atom is -0.349 e. The Labute approximate surface area is 174 Å². The molecular formula is C18H15ClFN3OS3. The number of amides is 1. The second kappa shape index (κ2) is 8.97. The Balaban J connectivity index is 1.59. The lowest BCUT2D eigenvalue weighted by Gasteiger charge is -2.14. The number of nitrogens with one attached hydrogen (secondary N) is 1. The van der Waals surface area contributed by atoms with Crippen molar-refractivity contribution < 1.29 is 9.18 Å². The Hall–Kier alpha value is -1.74. The number of hydrogen-bond acceptors (Lipinski definition) is 5. The molecule has 1 aromatic heterocycles. The molecule has 0 aliphatic rings. The van der Waals surface area contributed by atoms with Gasteiger partial charge in [-0.1, -0.05) is 46.8 Å². The summed E-state index contributed by atoms with van der Waals surface area (Å²) in [7, 11) is 0. The predicted octanol–water partition coefficient (Wildman–Crippen LogP) is 5.43. The molecule has 140 valence electrons. The van der Waals surface area contributed by atoms with Crippen LogP contribution in [0.1, 0.15) is 18.5 Å². The van der Waals surface area contributed by atoms with Gasteiger partial charge in [-0.15, -0.1) is 5.10 Å². The van der Waals surface area contributed by atoms with Crippen LogP contribution in [0.5, 0.6) is 0 Å². The molecule has 0 unspecified atom stereocenters. The summed E-state index contributed by atoms with van der Waals surface area (Å²) < 4.78 is 15.8. The first kappa shape index (κ1) is 20.0. The number of halogens is 2. The van der Waals surface area contributed by atoms with Crippen LogP contribution in [0.3, 0.4) is 0 Å². The fourth-order valence-corrected chi connectivity index (χ4v) is 4.61. The van der Waals surface area contributed by atoms with Gasteiger partial charge in [0, 0.05) is 5.02 Å². The van der Waals surface area contributed by atoms with E-state index in [9.17, 15) is 9.18 Å². The van der Waals surface area contributed by atoms with Crippen LogP contribution in [0, 0.1) is 9.77 Å². The van der Waals surface area contributed by atoms with Gasteiger partial charge in [-0.05, 0) is 61.1 Å². The molecule has 1 N–H and O–H groups in total. The van der Waals surface area contributed by atoms with Gasteiger partial charge in [-0.2, -0.15) is 0 Å². The van der Waals surface area contributed by atoms with Crippen LogP contribution in [-0.2, 0) is 4.79 Å². The molecule has 0 saturated carbocycles. The van der Waals surface area contributed by atoms with Crippen molar-refractivity contribution in [3.8, 4) is 5.69 Å². The lowest BCUT2D eigenvalue weighted by atomic mass is 10.1. The number of nitrogens with zero attached hydrogens (tertiary/aromatic N) is 2. The van der Waals surface area contributed by atoms with E-state index in [-0.39, 0.29) is 23.5 Å². The van der Waals surface area contributed by atoms with Gasteiger partial charge in [-0.3, -0.25) is 4.79 Å². The van der Waals surface area contributed by atoms with Crippen LogP contribution in [0.25, 0.3) is 5.69 Å². The van der Waals surface area contributed by atoms with E-state index in [1.54, 1.807) is 28.9 Å². The van der Waals surface area contributed by atoms with Gasteiger partial charge in [0.15, 0.2) is 8.29 Å². The van der Waals surface area contributed by atoms with Crippen LogP contribution in [0.15, 0.2) is 52.9 Å². The lowest BCUT2D eigenvalue weighted by Crippen LogP contribution is -2.28. The SMILES string of the molecule is C[C@@H](NC(=O)CSc1nn(-c2ccc(F)cc2)c(=S)s1)c1ccc(Cl)cc1. The molecule has 0 aliphatic carbocycles. The molecule has 3 rings (SSSR count). The standard InChI is InChI=1S/C18H15ClFN3OS3/c1-11(12-2-4-13(19)5-3-12)21-16(24)10-26-17-22-23(18(25)27-17)15-8-6-14(20)7-9-15/h2-9,11H,10H2,1H3,(H,21,24)/t11-/m1/s1. The van der Waals surface area contributed by atoms with Gasteiger partial charge in [0.2, 0.25) is 5.91 Å². The highest BCUT2D eigenvalue weighted by molar-refractivity contribution is 8.01. The summed E-state index contributed by atoms with van der Waals surface area (Å²) in [6.45, 7) is 1.92. The fraction of sp³-hybridized carbons (Fsp3) is 0.167. The van der Waals surface area contributed by atoms with Crippen LogP contribution in [0.2, 0.25) is 5.02 Å². The summed E-state index contributed by atoms with van der Waals surface area (Å²) >= 11 is 13.8. The average Bonchev–Trinajstić information content (AvgIpc) is 3.02. The molecular weight excluding hydrogens is 425 g/mol. The molecule has 1 atom stereocenters. The van der Waals surface area contributed by atoms with Crippen molar-refractivity contribution in [1.82, 2.24) is 15.1 Å². The first-order chi connectivity index (χ1) is 12.9. The third kappa shape index (κ3) is 5.38. The average molecular weight is 440 g/mol. The monoisotopic (exact) mass is 439 g/mol. The van der Waals surface area contributed by atoms with E-state index in [1.807, 2.05) is 19.1 Å². The second-order valence-corrected chi connectivity index (χ2v) is 8.93. The second-order valence-electron chi connectivity index (χ2n) is 5.65. The first-order valence-corrected chi connectivity index (χ1v) is 10.5. The highest BCUT2D eigenvalue weighted by atomic mass is 35.5. The maximum Gasteiger partial charge on any atom is 0.230 e. The van der Waals surface area contributed by atoms with E-state index in [4.69, 9.17) is 23.8 Å². The van der Waals surface area contributed by atoms with Gasteiger partial charge in [0.1, 0.15) is 5.82 Å². The number of thioether (sulfide) groups is 1. The van der Waals surface area contributed by atoms with E-state index < -0.39 is 0 Å². The molecule has 4 nitrogen and oxygen atoms in total. The number of carbonyl (C=O) groups is 1. The van der Waals surface area contributed by atoms with Crippen molar-refractivity contribution in [2.24, 2.45) is 0 Å². The van der Waals surface area contributed by atoms with Crippen molar-refractivity contribution in [2.75, 3.05) is 5.75 Å². The molecule has 3 aromatic rings.